The lowest BCUT2D eigenvalue weighted by Gasteiger charge is -2.31. The third kappa shape index (κ3) is 4.86. The van der Waals surface area contributed by atoms with Crippen LogP contribution in [0.1, 0.15) is 30.1 Å². The Hall–Kier alpha value is -1.28. The van der Waals surface area contributed by atoms with Crippen LogP contribution in [0.3, 0.4) is 0 Å². The molecule has 1 aromatic carbocycles. The van der Waals surface area contributed by atoms with Gasteiger partial charge in [0.2, 0.25) is 10.0 Å². The van der Waals surface area contributed by atoms with Crippen LogP contribution in [0.4, 0.5) is 0 Å². The van der Waals surface area contributed by atoms with Crippen molar-refractivity contribution in [2.45, 2.75) is 24.7 Å². The summed E-state index contributed by atoms with van der Waals surface area (Å²) in [4.78, 5) is 11.6. The maximum Gasteiger partial charge on any atom is 0.243 e. The van der Waals surface area contributed by atoms with Gasteiger partial charge in [-0.3, -0.25) is 4.79 Å². The molecule has 1 aromatic rings. The van der Waals surface area contributed by atoms with Gasteiger partial charge in [-0.25, -0.2) is 8.42 Å². The molecule has 1 heterocycles. The minimum Gasteiger partial charge on any atom is -0.382 e. The Morgan fingerprint density at radius 3 is 2.58 bits per heavy atom. The second kappa shape index (κ2) is 8.71. The highest BCUT2D eigenvalue weighted by atomic mass is 32.2. The van der Waals surface area contributed by atoms with Gasteiger partial charge in [-0.1, -0.05) is 12.1 Å². The van der Waals surface area contributed by atoms with Crippen molar-refractivity contribution in [3.63, 3.8) is 0 Å². The number of hydrogen-bond donors (Lipinski definition) is 0. The van der Waals surface area contributed by atoms with E-state index in [4.69, 9.17) is 9.47 Å². The highest BCUT2D eigenvalue weighted by Crippen LogP contribution is 2.24. The molecule has 0 saturated carbocycles. The molecule has 24 heavy (non-hydrogen) atoms. The Morgan fingerprint density at radius 2 is 1.96 bits per heavy atom. The maximum atomic E-state index is 12.7. The predicted molar refractivity (Wildman–Crippen MR) is 90.6 cm³/mol. The van der Waals surface area contributed by atoms with E-state index in [1.54, 1.807) is 25.3 Å². The molecular weight excluding hydrogens is 330 g/mol. The van der Waals surface area contributed by atoms with Gasteiger partial charge in [-0.05, 0) is 37.8 Å². The fraction of sp³-hybridized carbons (Fsp3) is 0.588. The molecule has 134 valence electrons. The molecule has 1 aliphatic heterocycles. The first-order chi connectivity index (χ1) is 11.4. The summed E-state index contributed by atoms with van der Waals surface area (Å²) >= 11 is 0. The van der Waals surface area contributed by atoms with Crippen molar-refractivity contribution in [2.75, 3.05) is 40.0 Å². The van der Waals surface area contributed by atoms with Gasteiger partial charge in [0.15, 0.2) is 5.78 Å². The van der Waals surface area contributed by atoms with Crippen LogP contribution in [-0.2, 0) is 19.5 Å². The van der Waals surface area contributed by atoms with Crippen LogP contribution in [0.15, 0.2) is 29.2 Å². The van der Waals surface area contributed by atoms with Crippen LogP contribution in [0.25, 0.3) is 0 Å². The topological polar surface area (TPSA) is 72.9 Å². The molecule has 0 N–H and O–H groups in total. The van der Waals surface area contributed by atoms with Crippen molar-refractivity contribution in [3.8, 4) is 0 Å². The number of sulfonamides is 1. The first-order valence-corrected chi connectivity index (χ1v) is 9.57. The highest BCUT2D eigenvalue weighted by Gasteiger charge is 2.29. The molecule has 0 aliphatic carbocycles. The Balaban J connectivity index is 1.95. The van der Waals surface area contributed by atoms with E-state index in [-0.39, 0.29) is 10.7 Å². The zero-order valence-electron chi connectivity index (χ0n) is 14.2. The van der Waals surface area contributed by atoms with Gasteiger partial charge in [0, 0.05) is 32.4 Å². The molecule has 7 heteroatoms. The fourth-order valence-electron chi connectivity index (χ4n) is 2.73. The Morgan fingerprint density at radius 1 is 1.25 bits per heavy atom. The standard InChI is InChI=1S/C17H25NO5S/c1-14(19)16-4-3-5-17(12-16)24(20,21)18-8-6-15(7-9-18)13-23-11-10-22-2/h3-5,12,15H,6-11,13H2,1-2H3. The van der Waals surface area contributed by atoms with E-state index in [0.717, 1.165) is 12.8 Å². The summed E-state index contributed by atoms with van der Waals surface area (Å²) in [7, 11) is -1.92. The van der Waals surface area contributed by atoms with E-state index >= 15 is 0 Å². The number of carbonyl (C=O) groups is 1. The molecule has 0 atom stereocenters. The molecule has 6 nitrogen and oxygen atoms in total. The number of nitrogens with zero attached hydrogens (tertiary/aromatic N) is 1. The van der Waals surface area contributed by atoms with Gasteiger partial charge in [0.25, 0.3) is 0 Å². The SMILES string of the molecule is COCCOCC1CCN(S(=O)(=O)c2cccc(C(C)=O)c2)CC1. The number of Topliss-reactive ketones (excluding diaryl/α,β-unsaturated/α-hetero) is 1. The van der Waals surface area contributed by atoms with E-state index in [2.05, 4.69) is 0 Å². The van der Waals surface area contributed by atoms with Crippen molar-refractivity contribution in [2.24, 2.45) is 5.92 Å². The number of ether oxygens (including phenoxy) is 2. The second-order valence-electron chi connectivity index (χ2n) is 6.00. The molecule has 0 unspecified atom stereocenters. The van der Waals surface area contributed by atoms with Gasteiger partial charge in [0.1, 0.15) is 0 Å². The van der Waals surface area contributed by atoms with E-state index in [0.29, 0.717) is 44.4 Å². The molecule has 0 bridgehead atoms. The summed E-state index contributed by atoms with van der Waals surface area (Å²) in [5, 5.41) is 0. The molecule has 1 fully saturated rings. The van der Waals surface area contributed by atoms with Gasteiger partial charge in [-0.2, -0.15) is 4.31 Å². The largest absolute Gasteiger partial charge is 0.382 e. The van der Waals surface area contributed by atoms with Crippen molar-refractivity contribution < 1.29 is 22.7 Å². The zero-order valence-corrected chi connectivity index (χ0v) is 15.0. The zero-order chi connectivity index (χ0) is 17.6. The van der Waals surface area contributed by atoms with E-state index < -0.39 is 10.0 Å². The molecule has 0 spiro atoms. The Labute approximate surface area is 143 Å². The van der Waals surface area contributed by atoms with Crippen LogP contribution in [0.5, 0.6) is 0 Å². The number of piperidine rings is 1. The third-order valence-corrected chi connectivity index (χ3v) is 6.13. The number of carbonyl (C=O) groups excluding carboxylic acids is 1. The fourth-order valence-corrected chi connectivity index (χ4v) is 4.25. The van der Waals surface area contributed by atoms with E-state index in [9.17, 15) is 13.2 Å². The van der Waals surface area contributed by atoms with E-state index in [1.165, 1.54) is 17.3 Å². The molecule has 1 saturated heterocycles. The molecule has 1 aliphatic rings. The summed E-state index contributed by atoms with van der Waals surface area (Å²) in [5.74, 6) is 0.232. The summed E-state index contributed by atoms with van der Waals surface area (Å²) < 4.78 is 37.4. The molecule has 0 amide bonds. The lowest BCUT2D eigenvalue weighted by Crippen LogP contribution is -2.39. The molecule has 0 radical (unpaired) electrons. The number of rotatable bonds is 8. The van der Waals surface area contributed by atoms with Crippen LogP contribution in [0, 0.1) is 5.92 Å². The Bertz CT molecular complexity index is 651. The van der Waals surface area contributed by atoms with Crippen LogP contribution >= 0.6 is 0 Å². The van der Waals surface area contributed by atoms with Crippen molar-refractivity contribution in [1.29, 1.82) is 0 Å². The lowest BCUT2D eigenvalue weighted by molar-refractivity contribution is 0.0410. The summed E-state index contributed by atoms with van der Waals surface area (Å²) in [5.41, 5.74) is 0.414. The second-order valence-corrected chi connectivity index (χ2v) is 7.94. The molecular formula is C17H25NO5S. The quantitative estimate of drug-likeness (QED) is 0.526. The van der Waals surface area contributed by atoms with Gasteiger partial charge in [-0.15, -0.1) is 0 Å². The first kappa shape index (κ1) is 19.1. The maximum absolute atomic E-state index is 12.7. The monoisotopic (exact) mass is 355 g/mol. The van der Waals surface area contributed by atoms with Gasteiger partial charge >= 0.3 is 0 Å². The number of hydrogen-bond acceptors (Lipinski definition) is 5. The number of ketones is 1. The number of methoxy groups -OCH3 is 1. The van der Waals surface area contributed by atoms with Crippen LogP contribution in [-0.4, -0.2) is 58.5 Å². The highest BCUT2D eigenvalue weighted by molar-refractivity contribution is 7.89. The van der Waals surface area contributed by atoms with Gasteiger partial charge < -0.3 is 9.47 Å². The summed E-state index contributed by atoms with van der Waals surface area (Å²) in [6.45, 7) is 4.15. The van der Waals surface area contributed by atoms with Crippen molar-refractivity contribution in [1.82, 2.24) is 4.31 Å². The minimum absolute atomic E-state index is 0.140. The normalized spacial score (nSPS) is 17.1. The van der Waals surface area contributed by atoms with Crippen LogP contribution < -0.4 is 0 Å². The lowest BCUT2D eigenvalue weighted by atomic mass is 9.99. The predicted octanol–water partition coefficient (Wildman–Crippen LogP) is 1.95. The molecule has 2 rings (SSSR count). The summed E-state index contributed by atoms with van der Waals surface area (Å²) in [6.07, 6.45) is 1.55. The minimum atomic E-state index is -3.55. The molecule has 0 aromatic heterocycles. The van der Waals surface area contributed by atoms with Crippen molar-refractivity contribution in [3.05, 3.63) is 29.8 Å². The third-order valence-electron chi connectivity index (χ3n) is 4.24. The number of benzene rings is 1. The summed E-state index contributed by atoms with van der Waals surface area (Å²) in [6, 6.07) is 6.24. The van der Waals surface area contributed by atoms with Crippen molar-refractivity contribution >= 4 is 15.8 Å². The average molecular weight is 355 g/mol. The van der Waals surface area contributed by atoms with Crippen LogP contribution in [0.2, 0.25) is 0 Å². The average Bonchev–Trinajstić information content (AvgIpc) is 2.59. The Kier molecular flexibility index (Phi) is 6.91. The van der Waals surface area contributed by atoms with Gasteiger partial charge in [0.05, 0.1) is 18.1 Å². The first-order valence-electron chi connectivity index (χ1n) is 8.13. The van der Waals surface area contributed by atoms with E-state index in [1.807, 2.05) is 0 Å². The smallest absolute Gasteiger partial charge is 0.243 e.